The fourth-order valence-electron chi connectivity index (χ4n) is 1.29. The molecule has 18 heavy (non-hydrogen) atoms. The zero-order chi connectivity index (χ0) is 13.5. The smallest absolute Gasteiger partial charge is 0.307 e. The van der Waals surface area contributed by atoms with Crippen molar-refractivity contribution in [1.29, 1.82) is 0 Å². The molecule has 6 heteroatoms. The van der Waals surface area contributed by atoms with Crippen LogP contribution in [-0.4, -0.2) is 42.0 Å². The van der Waals surface area contributed by atoms with Crippen LogP contribution in [0.15, 0.2) is 18.3 Å². The lowest BCUT2D eigenvalue weighted by Gasteiger charge is -2.15. The molecule has 0 bridgehead atoms. The van der Waals surface area contributed by atoms with Gasteiger partial charge in [-0.15, -0.1) is 0 Å². The van der Waals surface area contributed by atoms with Gasteiger partial charge in [-0.05, 0) is 19.1 Å². The molecule has 0 fully saturated rings. The van der Waals surface area contributed by atoms with Gasteiger partial charge in [-0.2, -0.15) is 0 Å². The first kappa shape index (κ1) is 14.1. The average Bonchev–Trinajstić information content (AvgIpc) is 2.36. The summed E-state index contributed by atoms with van der Waals surface area (Å²) in [6, 6.07) is 2.47. The molecule has 0 aliphatic carbocycles. The third-order valence-electron chi connectivity index (χ3n) is 2.25. The van der Waals surface area contributed by atoms with Crippen LogP contribution < -0.4 is 0 Å². The van der Waals surface area contributed by atoms with Crippen molar-refractivity contribution in [3.05, 3.63) is 29.8 Å². The van der Waals surface area contributed by atoms with Crippen LogP contribution in [0.3, 0.4) is 0 Å². The molecule has 1 aromatic rings. The zero-order valence-corrected chi connectivity index (χ0v) is 10.4. The molecule has 0 unspecified atom stereocenters. The molecule has 1 amide bonds. The van der Waals surface area contributed by atoms with Gasteiger partial charge in [0.1, 0.15) is 11.5 Å². The Labute approximate surface area is 105 Å². The number of hydrogen-bond acceptors (Lipinski definition) is 4. The van der Waals surface area contributed by atoms with E-state index in [0.717, 1.165) is 6.20 Å². The highest BCUT2D eigenvalue weighted by molar-refractivity contribution is 5.92. The van der Waals surface area contributed by atoms with Gasteiger partial charge in [0.25, 0.3) is 5.91 Å². The van der Waals surface area contributed by atoms with Crippen molar-refractivity contribution in [2.45, 2.75) is 13.3 Å². The van der Waals surface area contributed by atoms with Crippen molar-refractivity contribution >= 4 is 11.9 Å². The quantitative estimate of drug-likeness (QED) is 0.742. The second-order valence-electron chi connectivity index (χ2n) is 3.64. The number of hydrogen-bond donors (Lipinski definition) is 0. The summed E-state index contributed by atoms with van der Waals surface area (Å²) in [5, 5.41) is 0. The van der Waals surface area contributed by atoms with Crippen LogP contribution in [-0.2, 0) is 9.53 Å². The summed E-state index contributed by atoms with van der Waals surface area (Å²) in [5.74, 6) is -1.22. The van der Waals surface area contributed by atoms with Gasteiger partial charge in [-0.25, -0.2) is 9.37 Å². The van der Waals surface area contributed by atoms with E-state index in [9.17, 15) is 14.0 Å². The summed E-state index contributed by atoms with van der Waals surface area (Å²) in [6.07, 6.45) is 1.10. The van der Waals surface area contributed by atoms with E-state index in [1.54, 1.807) is 14.0 Å². The molecular weight excluding hydrogens is 239 g/mol. The molecule has 0 radical (unpaired) electrons. The number of pyridine rings is 1. The molecule has 0 saturated carbocycles. The van der Waals surface area contributed by atoms with Crippen molar-refractivity contribution in [3.63, 3.8) is 0 Å². The minimum absolute atomic E-state index is 0.122. The number of aromatic nitrogens is 1. The lowest BCUT2D eigenvalue weighted by Crippen LogP contribution is -2.30. The fraction of sp³-hybridized carbons (Fsp3) is 0.417. The molecule has 0 atom stereocenters. The highest BCUT2D eigenvalue weighted by atomic mass is 19.1. The molecule has 0 aliphatic rings. The maximum atomic E-state index is 12.6. The number of ether oxygens (including phenoxy) is 1. The number of rotatable bonds is 5. The summed E-state index contributed by atoms with van der Waals surface area (Å²) in [7, 11) is 1.55. The molecule has 5 nitrogen and oxygen atoms in total. The molecule has 0 aliphatic heterocycles. The van der Waals surface area contributed by atoms with Crippen LogP contribution in [0.2, 0.25) is 0 Å². The third-order valence-corrected chi connectivity index (χ3v) is 2.25. The molecule has 0 spiro atoms. The number of nitrogens with zero attached hydrogens (tertiary/aromatic N) is 2. The Kier molecular flexibility index (Phi) is 5.23. The minimum Gasteiger partial charge on any atom is -0.466 e. The molecule has 0 N–H and O–H groups in total. The summed E-state index contributed by atoms with van der Waals surface area (Å²) in [6.45, 7) is 2.27. The lowest BCUT2D eigenvalue weighted by molar-refractivity contribution is -0.143. The fourth-order valence-corrected chi connectivity index (χ4v) is 1.29. The Morgan fingerprint density at radius 2 is 2.17 bits per heavy atom. The SMILES string of the molecule is CCOC(=O)CCN(C)C(=O)c1ccc(F)cn1. The van der Waals surface area contributed by atoms with Crippen LogP contribution in [0.4, 0.5) is 4.39 Å². The number of halogens is 1. The Morgan fingerprint density at radius 1 is 1.44 bits per heavy atom. The van der Waals surface area contributed by atoms with E-state index in [0.29, 0.717) is 6.61 Å². The first-order valence-corrected chi connectivity index (χ1v) is 5.57. The molecule has 0 aromatic carbocycles. The maximum absolute atomic E-state index is 12.6. The average molecular weight is 254 g/mol. The van der Waals surface area contributed by atoms with Gasteiger partial charge in [-0.1, -0.05) is 0 Å². The predicted octanol–water partition coefficient (Wildman–Crippen LogP) is 1.25. The zero-order valence-electron chi connectivity index (χ0n) is 10.4. The van der Waals surface area contributed by atoms with Crippen LogP contribution >= 0.6 is 0 Å². The van der Waals surface area contributed by atoms with Gasteiger partial charge >= 0.3 is 5.97 Å². The van der Waals surface area contributed by atoms with Gasteiger partial charge < -0.3 is 9.64 Å². The van der Waals surface area contributed by atoms with Crippen molar-refractivity contribution in [1.82, 2.24) is 9.88 Å². The van der Waals surface area contributed by atoms with Gasteiger partial charge in [0, 0.05) is 13.6 Å². The first-order valence-electron chi connectivity index (χ1n) is 5.57. The van der Waals surface area contributed by atoms with Crippen LogP contribution in [0.5, 0.6) is 0 Å². The van der Waals surface area contributed by atoms with E-state index >= 15 is 0 Å². The van der Waals surface area contributed by atoms with Crippen LogP contribution in [0.1, 0.15) is 23.8 Å². The van der Waals surface area contributed by atoms with E-state index in [2.05, 4.69) is 4.98 Å². The van der Waals surface area contributed by atoms with E-state index in [-0.39, 0.29) is 30.5 Å². The van der Waals surface area contributed by atoms with Gasteiger partial charge in [-0.3, -0.25) is 9.59 Å². The predicted molar refractivity (Wildman–Crippen MR) is 62.4 cm³/mol. The Bertz CT molecular complexity index is 420. The van der Waals surface area contributed by atoms with Crippen molar-refractivity contribution < 1.29 is 18.7 Å². The van der Waals surface area contributed by atoms with Gasteiger partial charge in [0.2, 0.25) is 0 Å². The minimum atomic E-state index is -0.499. The molecular formula is C12H15FN2O3. The van der Waals surface area contributed by atoms with Crippen molar-refractivity contribution in [2.24, 2.45) is 0 Å². The number of carbonyl (C=O) groups is 2. The van der Waals surface area contributed by atoms with E-state index in [4.69, 9.17) is 4.74 Å². The van der Waals surface area contributed by atoms with E-state index < -0.39 is 5.82 Å². The third kappa shape index (κ3) is 4.12. The molecule has 98 valence electrons. The topological polar surface area (TPSA) is 59.5 Å². The summed E-state index contributed by atoms with van der Waals surface area (Å²) >= 11 is 0. The first-order chi connectivity index (χ1) is 8.54. The Hall–Kier alpha value is -1.98. The van der Waals surface area contributed by atoms with Crippen molar-refractivity contribution in [3.8, 4) is 0 Å². The van der Waals surface area contributed by atoms with Crippen molar-refractivity contribution in [2.75, 3.05) is 20.2 Å². The largest absolute Gasteiger partial charge is 0.466 e. The highest BCUT2D eigenvalue weighted by Gasteiger charge is 2.14. The van der Waals surface area contributed by atoms with Gasteiger partial charge in [0.05, 0.1) is 19.2 Å². The normalized spacial score (nSPS) is 9.94. The molecule has 0 saturated heterocycles. The van der Waals surface area contributed by atoms with E-state index in [1.807, 2.05) is 0 Å². The second kappa shape index (κ2) is 6.68. The molecule has 1 aromatic heterocycles. The molecule has 1 heterocycles. The number of esters is 1. The lowest BCUT2D eigenvalue weighted by atomic mass is 10.3. The monoisotopic (exact) mass is 254 g/mol. The van der Waals surface area contributed by atoms with Gasteiger partial charge in [0.15, 0.2) is 0 Å². The second-order valence-corrected chi connectivity index (χ2v) is 3.64. The number of carbonyl (C=O) groups excluding carboxylic acids is 2. The summed E-state index contributed by atoms with van der Waals surface area (Å²) in [4.78, 5) is 28.0. The Morgan fingerprint density at radius 3 is 2.72 bits per heavy atom. The summed E-state index contributed by atoms with van der Waals surface area (Å²) < 4.78 is 17.4. The number of amides is 1. The summed E-state index contributed by atoms with van der Waals surface area (Å²) in [5.41, 5.74) is 0.141. The standard InChI is InChI=1S/C12H15FN2O3/c1-3-18-11(16)6-7-15(2)12(17)10-5-4-9(13)8-14-10/h4-5,8H,3,6-7H2,1-2H3. The van der Waals surface area contributed by atoms with Crippen LogP contribution in [0, 0.1) is 5.82 Å². The Balaban J connectivity index is 2.51. The van der Waals surface area contributed by atoms with E-state index in [1.165, 1.54) is 17.0 Å². The maximum Gasteiger partial charge on any atom is 0.307 e. The highest BCUT2D eigenvalue weighted by Crippen LogP contribution is 2.03. The molecule has 1 rings (SSSR count). The van der Waals surface area contributed by atoms with Crippen LogP contribution in [0.25, 0.3) is 0 Å².